The highest BCUT2D eigenvalue weighted by atomic mass is 35.5. The zero-order valence-electron chi connectivity index (χ0n) is 10.7. The molecular formula is C14H15Cl2N3S. The molecule has 1 aromatic carbocycles. The van der Waals surface area contributed by atoms with E-state index in [1.807, 2.05) is 0 Å². The maximum absolute atomic E-state index is 4.75. The van der Waals surface area contributed by atoms with Gasteiger partial charge in [-0.05, 0) is 6.07 Å². The standard InChI is InChI=1S/C14H13N3S.2ClH/c1-2-4-13-9(3-1)10(8-18-13)14-16-11-5-6-15-7-12(11)17-14;;/h1-4,8,15H,5-7H2,(H,16,17);2*1H. The number of H-pyrrole nitrogens is 1. The van der Waals surface area contributed by atoms with Gasteiger partial charge in [-0.3, -0.25) is 0 Å². The predicted octanol–water partition coefficient (Wildman–Crippen LogP) is 3.78. The number of rotatable bonds is 1. The molecule has 0 spiro atoms. The molecule has 0 fully saturated rings. The van der Waals surface area contributed by atoms with E-state index in [1.54, 1.807) is 11.3 Å². The number of nitrogens with zero attached hydrogens (tertiary/aromatic N) is 1. The van der Waals surface area contributed by atoms with Crippen LogP contribution in [0, 0.1) is 0 Å². The summed E-state index contributed by atoms with van der Waals surface area (Å²) in [6.07, 6.45) is 1.02. The van der Waals surface area contributed by atoms with Crippen LogP contribution in [-0.2, 0) is 13.0 Å². The molecule has 1 aliphatic rings. The summed E-state index contributed by atoms with van der Waals surface area (Å²) in [7, 11) is 0. The molecule has 2 aromatic heterocycles. The molecular weight excluding hydrogens is 313 g/mol. The van der Waals surface area contributed by atoms with Crippen LogP contribution < -0.4 is 5.32 Å². The molecule has 2 N–H and O–H groups in total. The molecule has 4 rings (SSSR count). The summed E-state index contributed by atoms with van der Waals surface area (Å²) in [5, 5.41) is 6.86. The van der Waals surface area contributed by atoms with E-state index in [9.17, 15) is 0 Å². The van der Waals surface area contributed by atoms with Crippen LogP contribution in [0.5, 0.6) is 0 Å². The Morgan fingerprint density at radius 1 is 1.15 bits per heavy atom. The maximum Gasteiger partial charge on any atom is 0.139 e. The second-order valence-corrected chi connectivity index (χ2v) is 5.49. The van der Waals surface area contributed by atoms with Crippen molar-refractivity contribution < 1.29 is 0 Å². The lowest BCUT2D eigenvalue weighted by atomic mass is 10.2. The number of aromatic amines is 1. The van der Waals surface area contributed by atoms with E-state index in [0.717, 1.165) is 25.3 Å². The molecule has 0 bridgehead atoms. The molecule has 3 nitrogen and oxygen atoms in total. The van der Waals surface area contributed by atoms with Gasteiger partial charge in [0.25, 0.3) is 0 Å². The number of hydrogen-bond acceptors (Lipinski definition) is 3. The summed E-state index contributed by atoms with van der Waals surface area (Å²) < 4.78 is 1.32. The largest absolute Gasteiger partial charge is 0.341 e. The first-order valence-electron chi connectivity index (χ1n) is 6.17. The van der Waals surface area contributed by atoms with E-state index in [0.29, 0.717) is 0 Å². The van der Waals surface area contributed by atoms with Gasteiger partial charge in [0.1, 0.15) is 5.82 Å². The van der Waals surface area contributed by atoms with Crippen LogP contribution in [-0.4, -0.2) is 16.5 Å². The third-order valence-electron chi connectivity index (χ3n) is 3.44. The third kappa shape index (κ3) is 2.44. The van der Waals surface area contributed by atoms with Gasteiger partial charge in [-0.1, -0.05) is 18.2 Å². The molecule has 1 aliphatic heterocycles. The molecule has 3 heterocycles. The fraction of sp³-hybridized carbons (Fsp3) is 0.214. The lowest BCUT2D eigenvalue weighted by Crippen LogP contribution is -2.23. The molecule has 106 valence electrons. The van der Waals surface area contributed by atoms with Crippen LogP contribution in [0.1, 0.15) is 11.4 Å². The highest BCUT2D eigenvalue weighted by molar-refractivity contribution is 7.17. The van der Waals surface area contributed by atoms with E-state index in [1.165, 1.54) is 27.0 Å². The summed E-state index contributed by atoms with van der Waals surface area (Å²) in [6, 6.07) is 8.50. The number of nitrogens with one attached hydrogen (secondary N) is 2. The highest BCUT2D eigenvalue weighted by Crippen LogP contribution is 2.32. The van der Waals surface area contributed by atoms with E-state index in [4.69, 9.17) is 4.98 Å². The molecule has 0 radical (unpaired) electrons. The first-order chi connectivity index (χ1) is 8.92. The Kier molecular flexibility index (Phi) is 4.70. The van der Waals surface area contributed by atoms with E-state index < -0.39 is 0 Å². The molecule has 0 atom stereocenters. The number of aromatic nitrogens is 2. The lowest BCUT2D eigenvalue weighted by molar-refractivity contribution is 0.627. The fourth-order valence-electron chi connectivity index (χ4n) is 2.51. The van der Waals surface area contributed by atoms with Crippen LogP contribution >= 0.6 is 36.2 Å². The van der Waals surface area contributed by atoms with Crippen LogP contribution in [0.4, 0.5) is 0 Å². The van der Waals surface area contributed by atoms with Gasteiger partial charge in [0.05, 0.1) is 11.4 Å². The van der Waals surface area contributed by atoms with Gasteiger partial charge >= 0.3 is 0 Å². The Morgan fingerprint density at radius 2 is 2.00 bits per heavy atom. The Balaban J connectivity index is 0.000000735. The van der Waals surface area contributed by atoms with E-state index in [-0.39, 0.29) is 24.8 Å². The van der Waals surface area contributed by atoms with Crippen molar-refractivity contribution in [3.05, 3.63) is 41.0 Å². The lowest BCUT2D eigenvalue weighted by Gasteiger charge is -2.09. The highest BCUT2D eigenvalue weighted by Gasteiger charge is 2.16. The topological polar surface area (TPSA) is 40.7 Å². The summed E-state index contributed by atoms with van der Waals surface area (Å²) in [5.41, 5.74) is 3.69. The van der Waals surface area contributed by atoms with Gasteiger partial charge in [-0.15, -0.1) is 36.2 Å². The second kappa shape index (κ2) is 6.14. The fourth-order valence-corrected chi connectivity index (χ4v) is 3.45. The van der Waals surface area contributed by atoms with Gasteiger partial charge in [0, 0.05) is 40.5 Å². The Hall–Kier alpha value is -1.07. The van der Waals surface area contributed by atoms with Crippen molar-refractivity contribution in [3.63, 3.8) is 0 Å². The first-order valence-corrected chi connectivity index (χ1v) is 7.05. The Bertz CT molecular complexity index is 697. The Labute approximate surface area is 133 Å². The van der Waals surface area contributed by atoms with Crippen LogP contribution in [0.25, 0.3) is 21.5 Å². The summed E-state index contributed by atoms with van der Waals surface area (Å²) in [5.74, 6) is 1.01. The quantitative estimate of drug-likeness (QED) is 0.714. The van der Waals surface area contributed by atoms with E-state index in [2.05, 4.69) is 39.9 Å². The second-order valence-electron chi connectivity index (χ2n) is 4.58. The average molecular weight is 328 g/mol. The number of fused-ring (bicyclic) bond motifs is 2. The molecule has 3 aromatic rings. The van der Waals surface area contributed by atoms with Crippen molar-refractivity contribution in [2.75, 3.05) is 6.54 Å². The zero-order chi connectivity index (χ0) is 11.9. The van der Waals surface area contributed by atoms with Gasteiger partial charge < -0.3 is 10.3 Å². The number of hydrogen-bond donors (Lipinski definition) is 2. The van der Waals surface area contributed by atoms with Crippen molar-refractivity contribution in [3.8, 4) is 11.4 Å². The smallest absolute Gasteiger partial charge is 0.139 e. The molecule has 6 heteroatoms. The normalized spacial score (nSPS) is 13.4. The zero-order valence-corrected chi connectivity index (χ0v) is 13.1. The van der Waals surface area contributed by atoms with Crippen molar-refractivity contribution in [1.82, 2.24) is 15.3 Å². The Morgan fingerprint density at radius 3 is 2.85 bits per heavy atom. The third-order valence-corrected chi connectivity index (χ3v) is 4.40. The minimum absolute atomic E-state index is 0. The number of thiophene rings is 1. The first kappa shape index (κ1) is 15.3. The van der Waals surface area contributed by atoms with Crippen LogP contribution in [0.2, 0.25) is 0 Å². The van der Waals surface area contributed by atoms with Gasteiger partial charge in [-0.25, -0.2) is 4.98 Å². The van der Waals surface area contributed by atoms with Crippen molar-refractivity contribution in [2.45, 2.75) is 13.0 Å². The molecule has 0 saturated carbocycles. The molecule has 20 heavy (non-hydrogen) atoms. The van der Waals surface area contributed by atoms with Crippen LogP contribution in [0.15, 0.2) is 29.6 Å². The summed E-state index contributed by atoms with van der Waals surface area (Å²) >= 11 is 1.78. The number of benzene rings is 1. The number of halogens is 2. The van der Waals surface area contributed by atoms with Crippen LogP contribution in [0.3, 0.4) is 0 Å². The molecule has 0 aliphatic carbocycles. The minimum atomic E-state index is 0. The monoisotopic (exact) mass is 327 g/mol. The maximum atomic E-state index is 4.75. The van der Waals surface area contributed by atoms with E-state index >= 15 is 0 Å². The van der Waals surface area contributed by atoms with Crippen molar-refractivity contribution in [2.24, 2.45) is 0 Å². The van der Waals surface area contributed by atoms with Gasteiger partial charge in [0.2, 0.25) is 0 Å². The predicted molar refractivity (Wildman–Crippen MR) is 89.3 cm³/mol. The summed E-state index contributed by atoms with van der Waals surface area (Å²) in [6.45, 7) is 1.94. The van der Waals surface area contributed by atoms with Crippen molar-refractivity contribution >= 4 is 46.2 Å². The molecule has 0 amide bonds. The molecule has 0 saturated heterocycles. The van der Waals surface area contributed by atoms with Gasteiger partial charge in [0.15, 0.2) is 0 Å². The summed E-state index contributed by atoms with van der Waals surface area (Å²) in [4.78, 5) is 8.22. The average Bonchev–Trinajstić information content (AvgIpc) is 3.02. The van der Waals surface area contributed by atoms with Gasteiger partial charge in [-0.2, -0.15) is 0 Å². The van der Waals surface area contributed by atoms with Crippen molar-refractivity contribution in [1.29, 1.82) is 0 Å². The molecule has 0 unspecified atom stereocenters. The minimum Gasteiger partial charge on any atom is -0.341 e. The number of imidazole rings is 1. The SMILES string of the molecule is Cl.Cl.c1ccc2c(-c3nc4c([nH]3)CNCC4)csc2c1.